The molecule has 1 aromatic heterocycles. The lowest BCUT2D eigenvalue weighted by molar-refractivity contribution is -0.158. The number of hydrogen-bond donors (Lipinski definition) is 1. The van der Waals surface area contributed by atoms with Gasteiger partial charge < -0.3 is 14.7 Å². The molecule has 104 valence electrons. The molecule has 2 heterocycles. The summed E-state index contributed by atoms with van der Waals surface area (Å²) >= 11 is 7.26. The molecule has 1 amide bonds. The number of carbonyl (C=O) groups is 2. The lowest BCUT2D eigenvalue weighted by atomic mass is 10.2. The summed E-state index contributed by atoms with van der Waals surface area (Å²) in [6.45, 7) is 0.785. The van der Waals surface area contributed by atoms with Crippen molar-refractivity contribution in [2.24, 2.45) is 0 Å². The summed E-state index contributed by atoms with van der Waals surface area (Å²) < 4.78 is 5.79. The summed E-state index contributed by atoms with van der Waals surface area (Å²) in [5.74, 6) is -1.17. The Morgan fingerprint density at radius 2 is 2.32 bits per heavy atom. The van der Waals surface area contributed by atoms with Crippen LogP contribution in [-0.4, -0.2) is 47.7 Å². The number of nitrogens with zero attached hydrogens (tertiary/aromatic N) is 1. The Hall–Kier alpha value is -1.11. The average Bonchev–Trinajstić information content (AvgIpc) is 2.81. The summed E-state index contributed by atoms with van der Waals surface area (Å²) in [5.41, 5.74) is 0. The number of carboxylic acid groups (broad SMARTS) is 1. The monoisotopic (exact) mass is 303 g/mol. The summed E-state index contributed by atoms with van der Waals surface area (Å²) in [7, 11) is 0. The minimum absolute atomic E-state index is 0.0614. The van der Waals surface area contributed by atoms with Gasteiger partial charge in [-0.3, -0.25) is 4.79 Å². The number of thiophene rings is 1. The number of amides is 1. The van der Waals surface area contributed by atoms with Crippen molar-refractivity contribution < 1.29 is 19.4 Å². The van der Waals surface area contributed by atoms with E-state index in [1.165, 1.54) is 16.2 Å². The van der Waals surface area contributed by atoms with Crippen molar-refractivity contribution in [1.29, 1.82) is 0 Å². The van der Waals surface area contributed by atoms with Crippen molar-refractivity contribution in [3.05, 3.63) is 21.3 Å². The molecule has 1 aromatic rings. The number of carbonyl (C=O) groups excluding carboxylic acids is 1. The van der Waals surface area contributed by atoms with E-state index in [4.69, 9.17) is 21.4 Å². The molecule has 0 spiro atoms. The van der Waals surface area contributed by atoms with Crippen LogP contribution in [0.15, 0.2) is 12.1 Å². The summed E-state index contributed by atoms with van der Waals surface area (Å²) in [4.78, 5) is 25.5. The first-order valence-electron chi connectivity index (χ1n) is 5.92. The van der Waals surface area contributed by atoms with Crippen molar-refractivity contribution in [3.63, 3.8) is 0 Å². The second kappa shape index (κ2) is 6.36. The topological polar surface area (TPSA) is 66.8 Å². The molecule has 7 heteroatoms. The Morgan fingerprint density at radius 3 is 2.95 bits per heavy atom. The zero-order valence-corrected chi connectivity index (χ0v) is 11.7. The Kier molecular flexibility index (Phi) is 4.79. The third-order valence-corrected chi connectivity index (χ3v) is 4.24. The lowest BCUT2D eigenvalue weighted by Gasteiger charge is -2.32. The predicted molar refractivity (Wildman–Crippen MR) is 71.6 cm³/mol. The maximum atomic E-state index is 12.1. The standard InChI is InChI=1S/C12H14ClNO4S/c13-10-3-1-8(19-10)2-4-11(15)14-5-6-18-7-9(14)12(16)17/h1,3,9H,2,4-7H2,(H,16,17)/t9-/m1/s1. The van der Waals surface area contributed by atoms with Gasteiger partial charge in [0.2, 0.25) is 5.91 Å². The average molecular weight is 304 g/mol. The van der Waals surface area contributed by atoms with Gasteiger partial charge in [0, 0.05) is 17.8 Å². The van der Waals surface area contributed by atoms with Crippen LogP contribution < -0.4 is 0 Å². The Morgan fingerprint density at radius 1 is 1.53 bits per heavy atom. The van der Waals surface area contributed by atoms with Crippen LogP contribution >= 0.6 is 22.9 Å². The second-order valence-electron chi connectivity index (χ2n) is 4.22. The van der Waals surface area contributed by atoms with Crippen LogP contribution in [0.3, 0.4) is 0 Å². The van der Waals surface area contributed by atoms with E-state index in [0.717, 1.165) is 4.88 Å². The zero-order valence-electron chi connectivity index (χ0n) is 10.2. The number of halogens is 1. The van der Waals surface area contributed by atoms with Crippen LogP contribution in [0.5, 0.6) is 0 Å². The summed E-state index contributed by atoms with van der Waals surface area (Å²) in [6, 6.07) is 2.81. The predicted octanol–water partition coefficient (Wildman–Crippen LogP) is 1.65. The van der Waals surface area contributed by atoms with E-state index >= 15 is 0 Å². The molecular formula is C12H14ClNO4S. The Labute approximate surface area is 119 Å². The smallest absolute Gasteiger partial charge is 0.328 e. The number of morpholine rings is 1. The van der Waals surface area contributed by atoms with Crippen molar-refractivity contribution in [2.45, 2.75) is 18.9 Å². The highest BCUT2D eigenvalue weighted by atomic mass is 35.5. The quantitative estimate of drug-likeness (QED) is 0.918. The highest BCUT2D eigenvalue weighted by molar-refractivity contribution is 7.16. The lowest BCUT2D eigenvalue weighted by Crippen LogP contribution is -2.52. The molecule has 1 N–H and O–H groups in total. The highest BCUT2D eigenvalue weighted by Crippen LogP contribution is 2.23. The van der Waals surface area contributed by atoms with E-state index < -0.39 is 12.0 Å². The molecule has 19 heavy (non-hydrogen) atoms. The molecule has 1 saturated heterocycles. The largest absolute Gasteiger partial charge is 0.480 e. The van der Waals surface area contributed by atoms with Crippen LogP contribution in [0.2, 0.25) is 4.34 Å². The van der Waals surface area contributed by atoms with Crippen LogP contribution in [0, 0.1) is 0 Å². The van der Waals surface area contributed by atoms with E-state index in [0.29, 0.717) is 30.3 Å². The first-order valence-corrected chi connectivity index (χ1v) is 7.11. The molecule has 1 atom stereocenters. The van der Waals surface area contributed by atoms with Crippen LogP contribution in [0.1, 0.15) is 11.3 Å². The molecule has 0 saturated carbocycles. The van der Waals surface area contributed by atoms with Gasteiger partial charge in [0.05, 0.1) is 17.6 Å². The number of hydrogen-bond acceptors (Lipinski definition) is 4. The minimum atomic E-state index is -1.02. The Balaban J connectivity index is 1.92. The molecule has 2 rings (SSSR count). The van der Waals surface area contributed by atoms with Crippen molar-refractivity contribution in [1.82, 2.24) is 4.90 Å². The third-order valence-electron chi connectivity index (χ3n) is 2.95. The Bertz CT molecular complexity index is 476. The highest BCUT2D eigenvalue weighted by Gasteiger charge is 2.32. The molecular weight excluding hydrogens is 290 g/mol. The van der Waals surface area contributed by atoms with Crippen LogP contribution in [0.25, 0.3) is 0 Å². The number of aliphatic carboxylic acids is 1. The van der Waals surface area contributed by atoms with Gasteiger partial charge in [0.1, 0.15) is 0 Å². The molecule has 1 fully saturated rings. The van der Waals surface area contributed by atoms with E-state index in [1.807, 2.05) is 6.07 Å². The summed E-state index contributed by atoms with van der Waals surface area (Å²) in [5, 5.41) is 9.06. The van der Waals surface area contributed by atoms with Crippen LogP contribution in [0.4, 0.5) is 0 Å². The molecule has 0 radical (unpaired) electrons. The first-order chi connectivity index (χ1) is 9.08. The molecule has 1 aliphatic rings. The number of carboxylic acids is 1. The van der Waals surface area contributed by atoms with Gasteiger partial charge >= 0.3 is 5.97 Å². The molecule has 0 unspecified atom stereocenters. The number of aryl methyl sites for hydroxylation is 1. The maximum Gasteiger partial charge on any atom is 0.328 e. The van der Waals surface area contributed by atoms with Gasteiger partial charge in [-0.15, -0.1) is 11.3 Å². The van der Waals surface area contributed by atoms with Crippen molar-refractivity contribution >= 4 is 34.8 Å². The van der Waals surface area contributed by atoms with E-state index in [1.54, 1.807) is 6.07 Å². The zero-order chi connectivity index (χ0) is 13.8. The first kappa shape index (κ1) is 14.3. The second-order valence-corrected chi connectivity index (χ2v) is 6.02. The third kappa shape index (κ3) is 3.68. The van der Waals surface area contributed by atoms with Crippen molar-refractivity contribution in [3.8, 4) is 0 Å². The number of rotatable bonds is 4. The van der Waals surface area contributed by atoms with Gasteiger partial charge in [-0.05, 0) is 18.6 Å². The molecule has 0 aromatic carbocycles. The normalized spacial score (nSPS) is 19.4. The van der Waals surface area contributed by atoms with E-state index in [2.05, 4.69) is 0 Å². The molecule has 0 bridgehead atoms. The molecule has 5 nitrogen and oxygen atoms in total. The van der Waals surface area contributed by atoms with Gasteiger partial charge in [0.25, 0.3) is 0 Å². The van der Waals surface area contributed by atoms with Gasteiger partial charge in [0.15, 0.2) is 6.04 Å². The molecule has 1 aliphatic heterocycles. The summed E-state index contributed by atoms with van der Waals surface area (Å²) in [6.07, 6.45) is 0.876. The fraction of sp³-hybridized carbons (Fsp3) is 0.500. The van der Waals surface area contributed by atoms with Crippen molar-refractivity contribution in [2.75, 3.05) is 19.8 Å². The fourth-order valence-corrected chi connectivity index (χ4v) is 3.05. The number of ether oxygens (including phenoxy) is 1. The SMILES string of the molecule is O=C(O)[C@H]1COCCN1C(=O)CCc1ccc(Cl)s1. The van der Waals surface area contributed by atoms with Crippen LogP contribution in [-0.2, 0) is 20.7 Å². The minimum Gasteiger partial charge on any atom is -0.480 e. The maximum absolute atomic E-state index is 12.1. The fourth-order valence-electron chi connectivity index (χ4n) is 1.97. The van der Waals surface area contributed by atoms with Gasteiger partial charge in [-0.1, -0.05) is 11.6 Å². The van der Waals surface area contributed by atoms with Gasteiger partial charge in [-0.25, -0.2) is 4.79 Å². The van der Waals surface area contributed by atoms with Gasteiger partial charge in [-0.2, -0.15) is 0 Å². The van der Waals surface area contributed by atoms with E-state index in [-0.39, 0.29) is 12.5 Å². The van der Waals surface area contributed by atoms with E-state index in [9.17, 15) is 9.59 Å². The molecule has 0 aliphatic carbocycles.